The van der Waals surface area contributed by atoms with Crippen molar-refractivity contribution in [2.45, 2.75) is 23.3 Å². The standard InChI is InChI=1S/C22H18ClN3O2S/c1-3-26-13-20(29-17-8-6-16(23)7-9-17)21(25-26)19-11-4-14-12-15(22(27)28-2)5-10-18(14)24-19/h4-13H,3H2,1-2H3. The van der Waals surface area contributed by atoms with Crippen LogP contribution in [0.3, 0.4) is 0 Å². The zero-order valence-electron chi connectivity index (χ0n) is 15.9. The van der Waals surface area contributed by atoms with Gasteiger partial charge in [0.15, 0.2) is 0 Å². The van der Waals surface area contributed by atoms with Crippen LogP contribution in [0, 0.1) is 0 Å². The summed E-state index contributed by atoms with van der Waals surface area (Å²) < 4.78 is 6.69. The molecule has 5 nitrogen and oxygen atoms in total. The Kier molecular flexibility index (Phi) is 5.56. The lowest BCUT2D eigenvalue weighted by Crippen LogP contribution is -2.00. The van der Waals surface area contributed by atoms with Crippen molar-refractivity contribution < 1.29 is 9.53 Å². The average Bonchev–Trinajstić information content (AvgIpc) is 3.17. The topological polar surface area (TPSA) is 57.0 Å². The fourth-order valence-electron chi connectivity index (χ4n) is 2.95. The van der Waals surface area contributed by atoms with E-state index in [4.69, 9.17) is 26.4 Å². The summed E-state index contributed by atoms with van der Waals surface area (Å²) in [5.74, 6) is -0.362. The van der Waals surface area contributed by atoms with E-state index in [1.165, 1.54) is 7.11 Å². The second-order valence-electron chi connectivity index (χ2n) is 6.35. The van der Waals surface area contributed by atoms with E-state index in [0.29, 0.717) is 10.6 Å². The first-order valence-corrected chi connectivity index (χ1v) is 10.3. The molecule has 0 saturated heterocycles. The summed E-state index contributed by atoms with van der Waals surface area (Å²) >= 11 is 7.62. The molecule has 0 saturated carbocycles. The molecule has 2 aromatic carbocycles. The number of fused-ring (bicyclic) bond motifs is 1. The number of nitrogens with zero attached hydrogens (tertiary/aromatic N) is 3. The van der Waals surface area contributed by atoms with Crippen molar-refractivity contribution in [2.75, 3.05) is 7.11 Å². The number of carbonyl (C=O) groups is 1. The van der Waals surface area contributed by atoms with E-state index >= 15 is 0 Å². The Labute approximate surface area is 177 Å². The highest BCUT2D eigenvalue weighted by Crippen LogP contribution is 2.35. The number of pyridine rings is 1. The van der Waals surface area contributed by atoms with Crippen molar-refractivity contribution in [2.24, 2.45) is 0 Å². The molecular formula is C22H18ClN3O2S. The number of methoxy groups -OCH3 is 1. The predicted molar refractivity (Wildman–Crippen MR) is 116 cm³/mol. The molecule has 29 heavy (non-hydrogen) atoms. The van der Waals surface area contributed by atoms with Gasteiger partial charge in [0.1, 0.15) is 5.69 Å². The fraction of sp³-hybridized carbons (Fsp3) is 0.136. The maximum absolute atomic E-state index is 11.8. The third kappa shape index (κ3) is 4.13. The second kappa shape index (κ2) is 8.27. The highest BCUT2D eigenvalue weighted by molar-refractivity contribution is 7.99. The summed E-state index contributed by atoms with van der Waals surface area (Å²) in [6.07, 6.45) is 2.03. The molecule has 4 aromatic rings. The molecule has 0 radical (unpaired) electrons. The van der Waals surface area contributed by atoms with Gasteiger partial charge in [0.25, 0.3) is 0 Å². The molecule has 0 aliphatic rings. The Balaban J connectivity index is 1.73. The Morgan fingerprint density at radius 3 is 2.66 bits per heavy atom. The van der Waals surface area contributed by atoms with Gasteiger partial charge in [-0.15, -0.1) is 0 Å². The van der Waals surface area contributed by atoms with Gasteiger partial charge in [-0.3, -0.25) is 4.68 Å². The first-order chi connectivity index (χ1) is 14.1. The number of benzene rings is 2. The Bertz CT molecular complexity index is 1190. The zero-order valence-corrected chi connectivity index (χ0v) is 17.5. The van der Waals surface area contributed by atoms with E-state index in [9.17, 15) is 4.79 Å². The van der Waals surface area contributed by atoms with Crippen molar-refractivity contribution in [3.63, 3.8) is 0 Å². The molecule has 0 fully saturated rings. The summed E-state index contributed by atoms with van der Waals surface area (Å²) in [6.45, 7) is 2.82. The van der Waals surface area contributed by atoms with Gasteiger partial charge in [0.05, 0.1) is 28.8 Å². The van der Waals surface area contributed by atoms with Crippen molar-refractivity contribution in [1.82, 2.24) is 14.8 Å². The van der Waals surface area contributed by atoms with Gasteiger partial charge in [0, 0.05) is 28.0 Å². The normalized spacial score (nSPS) is 11.0. The molecule has 0 aliphatic carbocycles. The maximum Gasteiger partial charge on any atom is 0.337 e. The van der Waals surface area contributed by atoms with Gasteiger partial charge in [-0.2, -0.15) is 5.10 Å². The van der Waals surface area contributed by atoms with Crippen LogP contribution in [0.25, 0.3) is 22.3 Å². The van der Waals surface area contributed by atoms with Crippen LogP contribution in [0.2, 0.25) is 5.02 Å². The van der Waals surface area contributed by atoms with E-state index in [1.54, 1.807) is 23.9 Å². The summed E-state index contributed by atoms with van der Waals surface area (Å²) in [5.41, 5.74) is 2.91. The van der Waals surface area contributed by atoms with E-state index in [0.717, 1.165) is 38.6 Å². The minimum absolute atomic E-state index is 0.362. The summed E-state index contributed by atoms with van der Waals surface area (Å²) in [4.78, 5) is 18.6. The summed E-state index contributed by atoms with van der Waals surface area (Å²) in [5, 5.41) is 6.29. The smallest absolute Gasteiger partial charge is 0.337 e. The number of hydrogen-bond donors (Lipinski definition) is 0. The van der Waals surface area contributed by atoms with Crippen molar-refractivity contribution >= 4 is 40.2 Å². The molecule has 0 atom stereocenters. The zero-order chi connectivity index (χ0) is 20.4. The Morgan fingerprint density at radius 1 is 1.14 bits per heavy atom. The number of rotatable bonds is 5. The minimum Gasteiger partial charge on any atom is -0.465 e. The van der Waals surface area contributed by atoms with Crippen LogP contribution < -0.4 is 0 Å². The van der Waals surface area contributed by atoms with Crippen LogP contribution in [0.5, 0.6) is 0 Å². The molecule has 0 spiro atoms. The predicted octanol–water partition coefficient (Wildman–Crippen LogP) is 5.71. The third-order valence-electron chi connectivity index (χ3n) is 4.45. The van der Waals surface area contributed by atoms with Crippen molar-refractivity contribution in [3.8, 4) is 11.4 Å². The second-order valence-corrected chi connectivity index (χ2v) is 7.90. The fourth-order valence-corrected chi connectivity index (χ4v) is 4.02. The van der Waals surface area contributed by atoms with Crippen molar-refractivity contribution in [3.05, 3.63) is 71.4 Å². The number of aromatic nitrogens is 3. The van der Waals surface area contributed by atoms with Gasteiger partial charge in [-0.1, -0.05) is 29.4 Å². The van der Waals surface area contributed by atoms with Crippen LogP contribution in [0.1, 0.15) is 17.3 Å². The highest BCUT2D eigenvalue weighted by Gasteiger charge is 2.15. The van der Waals surface area contributed by atoms with Gasteiger partial charge in [-0.05, 0) is 55.5 Å². The molecule has 0 N–H and O–H groups in total. The first-order valence-electron chi connectivity index (χ1n) is 9.07. The molecule has 2 aromatic heterocycles. The number of halogens is 1. The largest absolute Gasteiger partial charge is 0.465 e. The Hall–Kier alpha value is -2.83. The van der Waals surface area contributed by atoms with E-state index in [2.05, 4.69) is 6.92 Å². The molecule has 7 heteroatoms. The van der Waals surface area contributed by atoms with Crippen LogP contribution in [-0.2, 0) is 11.3 Å². The lowest BCUT2D eigenvalue weighted by atomic mass is 10.1. The van der Waals surface area contributed by atoms with Gasteiger partial charge in [0.2, 0.25) is 0 Å². The maximum atomic E-state index is 11.8. The van der Waals surface area contributed by atoms with Crippen LogP contribution in [-0.4, -0.2) is 27.8 Å². The molecule has 0 aliphatic heterocycles. The molecule has 2 heterocycles. The molecular weight excluding hydrogens is 406 g/mol. The van der Waals surface area contributed by atoms with Crippen LogP contribution in [0.4, 0.5) is 0 Å². The number of aryl methyl sites for hydroxylation is 1. The van der Waals surface area contributed by atoms with Crippen LogP contribution >= 0.6 is 23.4 Å². The molecule has 0 amide bonds. The van der Waals surface area contributed by atoms with E-state index in [-0.39, 0.29) is 5.97 Å². The van der Waals surface area contributed by atoms with Gasteiger partial charge < -0.3 is 4.74 Å². The lowest BCUT2D eigenvalue weighted by Gasteiger charge is -2.05. The Morgan fingerprint density at radius 2 is 1.93 bits per heavy atom. The minimum atomic E-state index is -0.362. The van der Waals surface area contributed by atoms with E-state index < -0.39 is 0 Å². The lowest BCUT2D eigenvalue weighted by molar-refractivity contribution is 0.0601. The monoisotopic (exact) mass is 423 g/mol. The molecule has 146 valence electrons. The summed E-state index contributed by atoms with van der Waals surface area (Å²) in [7, 11) is 1.37. The number of hydrogen-bond acceptors (Lipinski definition) is 5. The van der Waals surface area contributed by atoms with Gasteiger partial charge >= 0.3 is 5.97 Å². The van der Waals surface area contributed by atoms with Crippen LogP contribution in [0.15, 0.2) is 70.6 Å². The average molecular weight is 424 g/mol. The number of esters is 1. The first kappa shape index (κ1) is 19.5. The molecule has 4 rings (SSSR count). The van der Waals surface area contributed by atoms with Crippen molar-refractivity contribution in [1.29, 1.82) is 0 Å². The van der Waals surface area contributed by atoms with Gasteiger partial charge in [-0.25, -0.2) is 9.78 Å². The molecule has 0 unspecified atom stereocenters. The van der Waals surface area contributed by atoms with E-state index in [1.807, 2.05) is 53.3 Å². The summed E-state index contributed by atoms with van der Waals surface area (Å²) in [6, 6.07) is 16.9. The quantitative estimate of drug-likeness (QED) is 0.385. The number of carbonyl (C=O) groups excluding carboxylic acids is 1. The highest BCUT2D eigenvalue weighted by atomic mass is 35.5. The third-order valence-corrected chi connectivity index (χ3v) is 5.72. The molecule has 0 bridgehead atoms. The SMILES string of the molecule is CCn1cc(Sc2ccc(Cl)cc2)c(-c2ccc3cc(C(=O)OC)ccc3n2)n1. The number of ether oxygens (including phenoxy) is 1.